The summed E-state index contributed by atoms with van der Waals surface area (Å²) in [5.74, 6) is -0.0873. The van der Waals surface area contributed by atoms with E-state index in [1.54, 1.807) is 16.7 Å². The van der Waals surface area contributed by atoms with Gasteiger partial charge in [0.1, 0.15) is 11.4 Å². The van der Waals surface area contributed by atoms with Gasteiger partial charge in [-0.2, -0.15) is 13.2 Å². The summed E-state index contributed by atoms with van der Waals surface area (Å²) in [5, 5.41) is 0. The molecule has 2 aliphatic rings. The molecule has 0 radical (unpaired) electrons. The molecule has 5 nitrogen and oxygen atoms in total. The van der Waals surface area contributed by atoms with E-state index in [0.29, 0.717) is 36.6 Å². The third-order valence-electron chi connectivity index (χ3n) is 5.54. The van der Waals surface area contributed by atoms with Crippen LogP contribution in [0, 0.1) is 12.8 Å². The summed E-state index contributed by atoms with van der Waals surface area (Å²) >= 11 is 0. The van der Waals surface area contributed by atoms with E-state index in [0.717, 1.165) is 17.8 Å². The van der Waals surface area contributed by atoms with E-state index in [9.17, 15) is 26.7 Å². The molecule has 1 saturated heterocycles. The molecule has 4 heterocycles. The standard InChI is InChI=1S/C20H19F5N4O/c1-11-4-15(19(21)22)27-16-10-29(9-14(11)16)18(30)5-12-7-28(8-12)13-2-3-26-17(6-13)20(23,24)25/h2-4,6,12,19H,5,7-10H2,1H3. The average molecular weight is 426 g/mol. The third-order valence-corrected chi connectivity index (χ3v) is 5.54. The minimum atomic E-state index is -4.50. The van der Waals surface area contributed by atoms with E-state index in [1.807, 2.05) is 0 Å². The first kappa shape index (κ1) is 20.5. The predicted octanol–water partition coefficient (Wildman–Crippen LogP) is 4.11. The van der Waals surface area contributed by atoms with Crippen LogP contribution < -0.4 is 4.90 Å². The molecule has 1 fully saturated rings. The molecule has 0 N–H and O–H groups in total. The number of carbonyl (C=O) groups is 1. The molecule has 0 unspecified atom stereocenters. The number of nitrogens with zero attached hydrogens (tertiary/aromatic N) is 4. The first-order valence-electron chi connectivity index (χ1n) is 9.45. The zero-order chi connectivity index (χ0) is 21.6. The van der Waals surface area contributed by atoms with Crippen molar-refractivity contribution >= 4 is 11.6 Å². The monoisotopic (exact) mass is 426 g/mol. The fraction of sp³-hybridized carbons (Fsp3) is 0.450. The van der Waals surface area contributed by atoms with Crippen molar-refractivity contribution in [3.05, 3.63) is 52.6 Å². The Labute approximate surface area is 169 Å². The summed E-state index contributed by atoms with van der Waals surface area (Å²) in [6.45, 7) is 3.22. The number of pyridine rings is 2. The fourth-order valence-corrected chi connectivity index (χ4v) is 3.91. The van der Waals surface area contributed by atoms with Gasteiger partial charge in [0, 0.05) is 43.9 Å². The van der Waals surface area contributed by atoms with Crippen LogP contribution >= 0.6 is 0 Å². The first-order valence-corrected chi connectivity index (χ1v) is 9.45. The van der Waals surface area contributed by atoms with E-state index in [-0.39, 0.29) is 30.5 Å². The highest BCUT2D eigenvalue weighted by Crippen LogP contribution is 2.34. The number of hydrogen-bond acceptors (Lipinski definition) is 4. The lowest BCUT2D eigenvalue weighted by molar-refractivity contribution is -0.141. The van der Waals surface area contributed by atoms with Crippen molar-refractivity contribution in [1.29, 1.82) is 0 Å². The quantitative estimate of drug-likeness (QED) is 0.691. The van der Waals surface area contributed by atoms with Gasteiger partial charge in [-0.05, 0) is 36.2 Å². The number of halogens is 5. The molecule has 2 aromatic rings. The Hall–Kier alpha value is -2.78. The van der Waals surface area contributed by atoms with Gasteiger partial charge < -0.3 is 9.80 Å². The Morgan fingerprint density at radius 1 is 1.23 bits per heavy atom. The smallest absolute Gasteiger partial charge is 0.371 e. The summed E-state index contributed by atoms with van der Waals surface area (Å²) in [6.07, 6.45) is -5.79. The van der Waals surface area contributed by atoms with Gasteiger partial charge in [-0.15, -0.1) is 0 Å². The van der Waals surface area contributed by atoms with Crippen LogP contribution in [0.15, 0.2) is 24.4 Å². The van der Waals surface area contributed by atoms with Crippen LogP contribution in [0.5, 0.6) is 0 Å². The van der Waals surface area contributed by atoms with Crippen LogP contribution in [0.3, 0.4) is 0 Å². The molecule has 2 aromatic heterocycles. The van der Waals surface area contributed by atoms with Gasteiger partial charge in [0.2, 0.25) is 5.91 Å². The average Bonchev–Trinajstić information content (AvgIpc) is 3.08. The summed E-state index contributed by atoms with van der Waals surface area (Å²) in [6, 6.07) is 3.87. The van der Waals surface area contributed by atoms with Crippen molar-refractivity contribution in [3.8, 4) is 0 Å². The number of amides is 1. The molecular formula is C20H19F5N4O. The van der Waals surface area contributed by atoms with Crippen molar-refractivity contribution in [2.75, 3.05) is 18.0 Å². The van der Waals surface area contributed by atoms with E-state index in [1.165, 1.54) is 12.1 Å². The Morgan fingerprint density at radius 2 is 1.97 bits per heavy atom. The highest BCUT2D eigenvalue weighted by atomic mass is 19.4. The van der Waals surface area contributed by atoms with Crippen molar-refractivity contribution in [3.63, 3.8) is 0 Å². The molecule has 160 valence electrons. The minimum Gasteiger partial charge on any atom is -0.371 e. The second-order valence-corrected chi connectivity index (χ2v) is 7.71. The lowest BCUT2D eigenvalue weighted by Crippen LogP contribution is -2.48. The van der Waals surface area contributed by atoms with E-state index in [2.05, 4.69) is 9.97 Å². The van der Waals surface area contributed by atoms with Gasteiger partial charge in [-0.1, -0.05) is 0 Å². The van der Waals surface area contributed by atoms with E-state index >= 15 is 0 Å². The fourth-order valence-electron chi connectivity index (χ4n) is 3.91. The van der Waals surface area contributed by atoms with Gasteiger partial charge in [0.25, 0.3) is 6.43 Å². The Kier molecular flexibility index (Phi) is 5.11. The Bertz CT molecular complexity index is 972. The van der Waals surface area contributed by atoms with Crippen molar-refractivity contribution in [1.82, 2.24) is 14.9 Å². The number of aryl methyl sites for hydroxylation is 1. The highest BCUT2D eigenvalue weighted by Gasteiger charge is 2.36. The molecule has 0 aromatic carbocycles. The van der Waals surface area contributed by atoms with E-state index < -0.39 is 18.3 Å². The summed E-state index contributed by atoms with van der Waals surface area (Å²) in [5.41, 5.74) is 1.20. The number of hydrogen-bond donors (Lipinski definition) is 0. The van der Waals surface area contributed by atoms with Crippen LogP contribution in [0.4, 0.5) is 27.6 Å². The number of fused-ring (bicyclic) bond motifs is 1. The van der Waals surface area contributed by atoms with Crippen molar-refractivity contribution < 1.29 is 26.7 Å². The summed E-state index contributed by atoms with van der Waals surface area (Å²) < 4.78 is 64.3. The predicted molar refractivity (Wildman–Crippen MR) is 97.7 cm³/mol. The molecule has 10 heteroatoms. The summed E-state index contributed by atoms with van der Waals surface area (Å²) in [4.78, 5) is 23.4. The first-order chi connectivity index (χ1) is 14.1. The van der Waals surface area contributed by atoms with Crippen molar-refractivity contribution in [2.24, 2.45) is 5.92 Å². The molecule has 2 aliphatic heterocycles. The molecule has 0 aliphatic carbocycles. The molecule has 30 heavy (non-hydrogen) atoms. The maximum Gasteiger partial charge on any atom is 0.433 e. The number of carbonyl (C=O) groups excluding carboxylic acids is 1. The molecule has 0 saturated carbocycles. The largest absolute Gasteiger partial charge is 0.433 e. The molecule has 0 bridgehead atoms. The van der Waals surface area contributed by atoms with Crippen LogP contribution in [0.2, 0.25) is 0 Å². The third kappa shape index (κ3) is 3.95. The van der Waals surface area contributed by atoms with Gasteiger partial charge in [0.05, 0.1) is 12.2 Å². The van der Waals surface area contributed by atoms with Crippen LogP contribution in [-0.4, -0.2) is 33.9 Å². The molecule has 1 amide bonds. The molecule has 0 spiro atoms. The van der Waals surface area contributed by atoms with Gasteiger partial charge >= 0.3 is 6.18 Å². The molecule has 4 rings (SSSR count). The number of rotatable bonds is 4. The topological polar surface area (TPSA) is 49.3 Å². The van der Waals surface area contributed by atoms with Crippen molar-refractivity contribution in [2.45, 2.75) is 39.0 Å². The normalized spacial score (nSPS) is 16.8. The maximum absolute atomic E-state index is 12.9. The van der Waals surface area contributed by atoms with Crippen LogP contribution in [0.25, 0.3) is 0 Å². The minimum absolute atomic E-state index is 0.0226. The van der Waals surface area contributed by atoms with Gasteiger partial charge in [0.15, 0.2) is 0 Å². The van der Waals surface area contributed by atoms with Crippen LogP contribution in [-0.2, 0) is 24.1 Å². The maximum atomic E-state index is 12.9. The molecular weight excluding hydrogens is 407 g/mol. The number of alkyl halides is 5. The number of aromatic nitrogens is 2. The van der Waals surface area contributed by atoms with Crippen LogP contribution in [0.1, 0.15) is 41.1 Å². The van der Waals surface area contributed by atoms with E-state index in [4.69, 9.17) is 0 Å². The second kappa shape index (κ2) is 7.48. The number of anilines is 1. The zero-order valence-electron chi connectivity index (χ0n) is 16.1. The SMILES string of the molecule is Cc1cc(C(F)F)nc2c1CN(C(=O)CC1CN(c3ccnc(C(F)(F)F)c3)C1)C2. The lowest BCUT2D eigenvalue weighted by atomic mass is 9.95. The van der Waals surface area contributed by atoms with Gasteiger partial charge in [-0.25, -0.2) is 13.8 Å². The zero-order valence-corrected chi connectivity index (χ0v) is 16.1. The summed E-state index contributed by atoms with van der Waals surface area (Å²) in [7, 11) is 0. The lowest BCUT2D eigenvalue weighted by Gasteiger charge is -2.41. The Balaban J connectivity index is 1.34. The second-order valence-electron chi connectivity index (χ2n) is 7.71. The highest BCUT2D eigenvalue weighted by molar-refractivity contribution is 5.77. The Morgan fingerprint density at radius 3 is 2.63 bits per heavy atom. The molecule has 0 atom stereocenters. The van der Waals surface area contributed by atoms with Gasteiger partial charge in [-0.3, -0.25) is 9.78 Å².